The number of hydrogen-bond donors (Lipinski definition) is 2. The molecule has 2 aromatic heterocycles. The molecule has 2 N–H and O–H groups in total. The first-order valence-corrected chi connectivity index (χ1v) is 8.70. The van der Waals surface area contributed by atoms with Crippen LogP contribution in [0.5, 0.6) is 0 Å². The maximum absolute atomic E-state index is 12.9. The molecule has 0 atom stereocenters. The number of amides is 1. The number of nitrogens with one attached hydrogen (secondary N) is 1. The van der Waals surface area contributed by atoms with Crippen molar-refractivity contribution in [2.75, 3.05) is 0 Å². The number of carboxylic acid groups (broad SMARTS) is 1. The number of aliphatic carboxylic acids is 1. The summed E-state index contributed by atoms with van der Waals surface area (Å²) in [7, 11) is 0. The Morgan fingerprint density at radius 1 is 1.19 bits per heavy atom. The maximum Gasteiger partial charge on any atom is 0.328 e. The summed E-state index contributed by atoms with van der Waals surface area (Å²) in [6.45, 7) is 6.86. The van der Waals surface area contributed by atoms with Crippen molar-refractivity contribution >= 4 is 22.9 Å². The smallest absolute Gasteiger partial charge is 0.328 e. The van der Waals surface area contributed by atoms with E-state index in [-0.39, 0.29) is 6.04 Å². The highest BCUT2D eigenvalue weighted by Gasteiger charge is 2.30. The van der Waals surface area contributed by atoms with Gasteiger partial charge in [-0.25, -0.2) is 14.5 Å². The van der Waals surface area contributed by atoms with E-state index < -0.39 is 17.4 Å². The molecule has 0 aliphatic heterocycles. The fraction of sp³-hybridized carbons (Fsp3) is 0.300. The van der Waals surface area contributed by atoms with Crippen LogP contribution in [-0.2, 0) is 4.79 Å². The number of carboxylic acids is 1. The van der Waals surface area contributed by atoms with Crippen LogP contribution in [0.15, 0.2) is 42.6 Å². The Kier molecular flexibility index (Phi) is 4.70. The van der Waals surface area contributed by atoms with Gasteiger partial charge < -0.3 is 10.4 Å². The number of rotatable bonds is 5. The van der Waals surface area contributed by atoms with Gasteiger partial charge >= 0.3 is 5.97 Å². The van der Waals surface area contributed by atoms with Crippen LogP contribution in [0, 0.1) is 0 Å². The summed E-state index contributed by atoms with van der Waals surface area (Å²) >= 11 is 0. The Morgan fingerprint density at radius 2 is 1.85 bits per heavy atom. The number of aromatic nitrogens is 3. The van der Waals surface area contributed by atoms with Crippen LogP contribution in [0.3, 0.4) is 0 Å². The summed E-state index contributed by atoms with van der Waals surface area (Å²) < 4.78 is 1.75. The number of hydrogen-bond acceptors (Lipinski definition) is 4. The average molecular weight is 366 g/mol. The van der Waals surface area contributed by atoms with E-state index in [0.717, 1.165) is 5.56 Å². The van der Waals surface area contributed by atoms with E-state index in [1.54, 1.807) is 16.9 Å². The first-order valence-electron chi connectivity index (χ1n) is 8.70. The lowest BCUT2D eigenvalue weighted by Gasteiger charge is -2.21. The molecule has 0 saturated heterocycles. The van der Waals surface area contributed by atoms with Gasteiger partial charge in [-0.2, -0.15) is 5.10 Å². The number of nitrogens with zero attached hydrogens (tertiary/aromatic N) is 3. The highest BCUT2D eigenvalue weighted by molar-refractivity contribution is 6.07. The minimum atomic E-state index is -1.40. The predicted molar refractivity (Wildman–Crippen MR) is 103 cm³/mol. The van der Waals surface area contributed by atoms with Gasteiger partial charge in [0.15, 0.2) is 5.65 Å². The number of carbonyl (C=O) groups is 2. The van der Waals surface area contributed by atoms with Crippen molar-refractivity contribution in [3.05, 3.63) is 48.2 Å². The van der Waals surface area contributed by atoms with E-state index in [2.05, 4.69) is 10.4 Å². The third-order valence-corrected chi connectivity index (χ3v) is 4.33. The minimum absolute atomic E-state index is 0.0624. The van der Waals surface area contributed by atoms with Gasteiger partial charge in [0.25, 0.3) is 5.91 Å². The van der Waals surface area contributed by atoms with Crippen LogP contribution in [0.25, 0.3) is 22.3 Å². The lowest BCUT2D eigenvalue weighted by molar-refractivity contribution is -0.143. The molecule has 1 aromatic carbocycles. The largest absolute Gasteiger partial charge is 0.480 e. The first kappa shape index (κ1) is 18.6. The molecule has 0 unspecified atom stereocenters. The molecule has 0 spiro atoms. The van der Waals surface area contributed by atoms with Gasteiger partial charge in [0.05, 0.1) is 22.8 Å². The van der Waals surface area contributed by atoms with Gasteiger partial charge in [0, 0.05) is 11.6 Å². The summed E-state index contributed by atoms with van der Waals surface area (Å²) in [5.74, 6) is -1.59. The van der Waals surface area contributed by atoms with Crippen LogP contribution in [-0.4, -0.2) is 37.3 Å². The van der Waals surface area contributed by atoms with Crippen molar-refractivity contribution < 1.29 is 14.7 Å². The topological polar surface area (TPSA) is 97.1 Å². The highest BCUT2D eigenvalue weighted by Crippen LogP contribution is 2.26. The molecule has 0 saturated carbocycles. The lowest BCUT2D eigenvalue weighted by atomic mass is 10.0. The second-order valence-electron chi connectivity index (χ2n) is 7.23. The van der Waals surface area contributed by atoms with Crippen LogP contribution in [0.4, 0.5) is 0 Å². The molecular formula is C20H22N4O3. The normalized spacial score (nSPS) is 11.7. The maximum atomic E-state index is 12.9. The van der Waals surface area contributed by atoms with Crippen LogP contribution in [0.1, 0.15) is 44.1 Å². The second kappa shape index (κ2) is 6.83. The molecule has 27 heavy (non-hydrogen) atoms. The zero-order valence-corrected chi connectivity index (χ0v) is 15.7. The van der Waals surface area contributed by atoms with Gasteiger partial charge in [-0.05, 0) is 33.8 Å². The Hall–Kier alpha value is -3.22. The van der Waals surface area contributed by atoms with E-state index >= 15 is 0 Å². The van der Waals surface area contributed by atoms with Crippen molar-refractivity contribution in [2.45, 2.75) is 39.3 Å². The van der Waals surface area contributed by atoms with E-state index in [4.69, 9.17) is 4.98 Å². The monoisotopic (exact) mass is 366 g/mol. The molecule has 3 aromatic rings. The van der Waals surface area contributed by atoms with Gasteiger partial charge in [-0.15, -0.1) is 0 Å². The third kappa shape index (κ3) is 3.53. The van der Waals surface area contributed by atoms with E-state index in [0.29, 0.717) is 22.3 Å². The van der Waals surface area contributed by atoms with Gasteiger partial charge in [0.1, 0.15) is 5.54 Å². The molecule has 0 radical (unpaired) electrons. The Bertz CT molecular complexity index is 1010. The minimum Gasteiger partial charge on any atom is -0.480 e. The molecule has 0 fully saturated rings. The molecule has 3 rings (SSSR count). The van der Waals surface area contributed by atoms with Crippen LogP contribution >= 0.6 is 0 Å². The SMILES string of the molecule is CC(C)n1ncc2c(C(=O)NC(C)(C)C(=O)O)cc(-c3ccccc3)nc21. The quantitative estimate of drug-likeness (QED) is 0.722. The fourth-order valence-electron chi connectivity index (χ4n) is 2.75. The van der Waals surface area contributed by atoms with Crippen molar-refractivity contribution in [1.29, 1.82) is 0 Å². The summed E-state index contributed by atoms with van der Waals surface area (Å²) in [5.41, 5.74) is 1.03. The van der Waals surface area contributed by atoms with Crippen molar-refractivity contribution in [1.82, 2.24) is 20.1 Å². The van der Waals surface area contributed by atoms with Crippen LogP contribution in [0.2, 0.25) is 0 Å². The lowest BCUT2D eigenvalue weighted by Crippen LogP contribution is -2.49. The second-order valence-corrected chi connectivity index (χ2v) is 7.23. The van der Waals surface area contributed by atoms with Crippen molar-refractivity contribution in [2.24, 2.45) is 0 Å². The van der Waals surface area contributed by atoms with Gasteiger partial charge in [0.2, 0.25) is 0 Å². The number of fused-ring (bicyclic) bond motifs is 1. The van der Waals surface area contributed by atoms with Crippen LogP contribution < -0.4 is 5.32 Å². The molecule has 7 heteroatoms. The van der Waals surface area contributed by atoms with Gasteiger partial charge in [-0.1, -0.05) is 30.3 Å². The first-order chi connectivity index (χ1) is 12.7. The molecule has 2 heterocycles. The molecule has 0 aliphatic carbocycles. The zero-order valence-electron chi connectivity index (χ0n) is 15.7. The highest BCUT2D eigenvalue weighted by atomic mass is 16.4. The zero-order chi connectivity index (χ0) is 19.8. The molecule has 7 nitrogen and oxygen atoms in total. The molecular weight excluding hydrogens is 344 g/mol. The summed E-state index contributed by atoms with van der Waals surface area (Å²) in [6.07, 6.45) is 1.60. The third-order valence-electron chi connectivity index (χ3n) is 4.33. The Labute approximate surface area is 157 Å². The molecule has 0 bridgehead atoms. The Morgan fingerprint density at radius 3 is 2.44 bits per heavy atom. The fourth-order valence-corrected chi connectivity index (χ4v) is 2.75. The number of benzene rings is 1. The van der Waals surface area contributed by atoms with E-state index in [9.17, 15) is 14.7 Å². The standard InChI is InChI=1S/C20H22N4O3/c1-12(2)24-17-15(11-21-24)14(18(25)23-20(3,4)19(26)27)10-16(22-17)13-8-6-5-7-9-13/h5-12H,1-4H3,(H,23,25)(H,26,27). The number of carbonyl (C=O) groups excluding carboxylic acids is 1. The van der Waals surface area contributed by atoms with Gasteiger partial charge in [-0.3, -0.25) is 4.79 Å². The van der Waals surface area contributed by atoms with Crippen molar-refractivity contribution in [3.8, 4) is 11.3 Å². The van der Waals surface area contributed by atoms with E-state index in [1.807, 2.05) is 44.2 Å². The predicted octanol–water partition coefficient (Wildman–Crippen LogP) is 3.27. The molecule has 1 amide bonds. The molecule has 0 aliphatic rings. The summed E-state index contributed by atoms with van der Waals surface area (Å²) in [5, 5.41) is 16.8. The van der Waals surface area contributed by atoms with Crippen molar-refractivity contribution in [3.63, 3.8) is 0 Å². The summed E-state index contributed by atoms with van der Waals surface area (Å²) in [4.78, 5) is 29.0. The number of pyridine rings is 1. The summed E-state index contributed by atoms with van der Waals surface area (Å²) in [6, 6.07) is 11.3. The average Bonchev–Trinajstić information content (AvgIpc) is 3.05. The van der Waals surface area contributed by atoms with E-state index in [1.165, 1.54) is 13.8 Å². The Balaban J connectivity index is 2.19. The molecule has 140 valence electrons.